The first-order valence-electron chi connectivity index (χ1n) is 12.3. The van der Waals surface area contributed by atoms with Gasteiger partial charge in [0.1, 0.15) is 12.4 Å². The number of aromatic nitrogens is 1. The molecule has 0 fully saturated rings. The number of ether oxygens (including phenoxy) is 2. The number of thiazole rings is 1. The number of carbonyl (C=O) groups is 1. The Morgan fingerprint density at radius 2 is 1.69 bits per heavy atom. The number of carbonyl (C=O) groups excluding carboxylic acids is 1. The summed E-state index contributed by atoms with van der Waals surface area (Å²) in [6.07, 6.45) is 1.79. The Labute approximate surface area is 239 Å². The average Bonchev–Trinajstić information content (AvgIpc) is 3.23. The van der Waals surface area contributed by atoms with Gasteiger partial charge in [-0.1, -0.05) is 77.0 Å². The van der Waals surface area contributed by atoms with Gasteiger partial charge in [0, 0.05) is 15.6 Å². The predicted molar refractivity (Wildman–Crippen MR) is 154 cm³/mol. The minimum atomic E-state index is -0.698. The summed E-state index contributed by atoms with van der Waals surface area (Å²) in [7, 11) is 0. The molecule has 1 unspecified atom stereocenters. The minimum Gasteiger partial charge on any atom is -0.488 e. The Bertz CT molecular complexity index is 1740. The predicted octanol–water partition coefficient (Wildman–Crippen LogP) is 5.68. The lowest BCUT2D eigenvalue weighted by atomic mass is 9.96. The van der Waals surface area contributed by atoms with Crippen LogP contribution >= 0.6 is 34.5 Å². The van der Waals surface area contributed by atoms with Gasteiger partial charge in [0.25, 0.3) is 5.56 Å². The van der Waals surface area contributed by atoms with Crippen molar-refractivity contribution >= 4 is 46.6 Å². The van der Waals surface area contributed by atoms with Crippen LogP contribution in [0.2, 0.25) is 10.0 Å². The van der Waals surface area contributed by atoms with Crippen LogP contribution in [-0.4, -0.2) is 17.1 Å². The van der Waals surface area contributed by atoms with Gasteiger partial charge in [-0.25, -0.2) is 9.79 Å². The second kappa shape index (κ2) is 11.6. The topological polar surface area (TPSA) is 69.9 Å². The van der Waals surface area contributed by atoms with Gasteiger partial charge >= 0.3 is 5.97 Å². The monoisotopic (exact) mass is 578 g/mol. The molecule has 9 heteroatoms. The van der Waals surface area contributed by atoms with Crippen molar-refractivity contribution in [1.82, 2.24) is 4.57 Å². The summed E-state index contributed by atoms with van der Waals surface area (Å²) < 4.78 is 13.4. The van der Waals surface area contributed by atoms with Gasteiger partial charge in [-0.05, 0) is 61.4 Å². The number of halogens is 2. The van der Waals surface area contributed by atoms with Gasteiger partial charge < -0.3 is 9.47 Å². The lowest BCUT2D eigenvalue weighted by molar-refractivity contribution is -0.139. The standard InChI is InChI=1S/C30H24Cl2N2O4S/c1-3-37-29(36)26-18(2)33-30-34(27(26)20-10-14-23(32)15-11-20)28(35)25(39-30)16-21-6-4-5-7-24(21)38-17-19-8-12-22(31)13-9-19/h4-16,27H,3,17H2,1-2H3/b25-16+. The zero-order valence-corrected chi connectivity index (χ0v) is 23.5. The summed E-state index contributed by atoms with van der Waals surface area (Å²) in [4.78, 5) is 32.0. The van der Waals surface area contributed by atoms with Crippen molar-refractivity contribution < 1.29 is 14.3 Å². The first-order chi connectivity index (χ1) is 18.9. The molecule has 0 bridgehead atoms. The van der Waals surface area contributed by atoms with Crippen molar-refractivity contribution in [3.05, 3.63) is 130 Å². The molecule has 4 aromatic rings. The van der Waals surface area contributed by atoms with E-state index in [-0.39, 0.29) is 12.2 Å². The van der Waals surface area contributed by atoms with Crippen molar-refractivity contribution in [2.75, 3.05) is 6.61 Å². The van der Waals surface area contributed by atoms with Crippen LogP contribution in [0.3, 0.4) is 0 Å². The van der Waals surface area contributed by atoms with E-state index in [1.807, 2.05) is 60.7 Å². The molecule has 0 spiro atoms. The van der Waals surface area contributed by atoms with E-state index in [4.69, 9.17) is 32.7 Å². The lowest BCUT2D eigenvalue weighted by Gasteiger charge is -2.24. The fraction of sp³-hybridized carbons (Fsp3) is 0.167. The minimum absolute atomic E-state index is 0.209. The molecule has 1 aliphatic rings. The van der Waals surface area contributed by atoms with Gasteiger partial charge in [-0.15, -0.1) is 0 Å². The molecule has 2 heterocycles. The van der Waals surface area contributed by atoms with Gasteiger partial charge in [-0.2, -0.15) is 0 Å². The second-order valence-electron chi connectivity index (χ2n) is 8.81. The van der Waals surface area contributed by atoms with Crippen molar-refractivity contribution in [1.29, 1.82) is 0 Å². The first kappa shape index (κ1) is 26.9. The molecule has 0 saturated heterocycles. The van der Waals surface area contributed by atoms with Crippen LogP contribution in [0.4, 0.5) is 0 Å². The second-order valence-corrected chi connectivity index (χ2v) is 10.7. The molecular weight excluding hydrogens is 555 g/mol. The molecule has 3 aromatic carbocycles. The molecule has 0 radical (unpaired) electrons. The number of hydrogen-bond donors (Lipinski definition) is 0. The first-order valence-corrected chi connectivity index (χ1v) is 13.8. The average molecular weight is 580 g/mol. The number of nitrogens with zero attached hydrogens (tertiary/aromatic N) is 2. The molecule has 198 valence electrons. The molecule has 1 aromatic heterocycles. The van der Waals surface area contributed by atoms with Gasteiger partial charge in [-0.3, -0.25) is 9.36 Å². The van der Waals surface area contributed by atoms with Gasteiger partial charge in [0.2, 0.25) is 0 Å². The maximum absolute atomic E-state index is 13.9. The van der Waals surface area contributed by atoms with Crippen molar-refractivity contribution in [3.63, 3.8) is 0 Å². The van der Waals surface area contributed by atoms with Crippen LogP contribution < -0.4 is 19.6 Å². The smallest absolute Gasteiger partial charge is 0.338 e. The third kappa shape index (κ3) is 5.71. The number of fused-ring (bicyclic) bond motifs is 1. The van der Waals surface area contributed by atoms with Crippen LogP contribution in [0.1, 0.15) is 36.6 Å². The van der Waals surface area contributed by atoms with Crippen LogP contribution in [0.5, 0.6) is 5.75 Å². The summed E-state index contributed by atoms with van der Waals surface area (Å²) in [5, 5.41) is 1.22. The molecular formula is C30H24Cl2N2O4S. The number of benzene rings is 3. The highest BCUT2D eigenvalue weighted by molar-refractivity contribution is 7.07. The fourth-order valence-electron chi connectivity index (χ4n) is 4.37. The van der Waals surface area contributed by atoms with E-state index in [0.717, 1.165) is 16.7 Å². The summed E-state index contributed by atoms with van der Waals surface area (Å²) in [5.74, 6) is 0.129. The molecule has 1 atom stereocenters. The molecule has 0 N–H and O–H groups in total. The summed E-state index contributed by atoms with van der Waals surface area (Å²) in [6.45, 7) is 4.06. The van der Waals surface area contributed by atoms with Crippen LogP contribution in [0.15, 0.2) is 93.9 Å². The van der Waals surface area contributed by atoms with Crippen molar-refractivity contribution in [3.8, 4) is 5.75 Å². The number of rotatable bonds is 7. The quantitative estimate of drug-likeness (QED) is 0.264. The molecule has 39 heavy (non-hydrogen) atoms. The van der Waals surface area contributed by atoms with E-state index in [2.05, 4.69) is 4.99 Å². The number of hydrogen-bond acceptors (Lipinski definition) is 6. The van der Waals surface area contributed by atoms with Crippen LogP contribution in [0, 0.1) is 0 Å². The third-order valence-corrected chi connectivity index (χ3v) is 7.70. The summed E-state index contributed by atoms with van der Waals surface area (Å²) in [5.41, 5.74) is 3.02. The highest BCUT2D eigenvalue weighted by Crippen LogP contribution is 2.31. The maximum Gasteiger partial charge on any atom is 0.338 e. The number of esters is 1. The number of allylic oxidation sites excluding steroid dienone is 1. The Hall–Kier alpha value is -3.65. The third-order valence-electron chi connectivity index (χ3n) is 6.22. The van der Waals surface area contributed by atoms with E-state index < -0.39 is 12.0 Å². The van der Waals surface area contributed by atoms with E-state index in [1.54, 1.807) is 36.6 Å². The molecule has 0 saturated carbocycles. The Balaban J connectivity index is 1.59. The SMILES string of the molecule is CCOC(=O)C1=C(C)N=c2s/c(=C/c3ccccc3OCc3ccc(Cl)cc3)c(=O)n2C1c1ccc(Cl)cc1. The molecule has 5 rings (SSSR count). The zero-order chi connectivity index (χ0) is 27.5. The van der Waals surface area contributed by atoms with E-state index >= 15 is 0 Å². The Morgan fingerprint density at radius 3 is 2.38 bits per heavy atom. The van der Waals surface area contributed by atoms with Crippen LogP contribution in [0.25, 0.3) is 6.08 Å². The Morgan fingerprint density at radius 1 is 1.03 bits per heavy atom. The van der Waals surface area contributed by atoms with E-state index in [1.165, 1.54) is 11.3 Å². The Kier molecular flexibility index (Phi) is 8.02. The van der Waals surface area contributed by atoms with Crippen molar-refractivity contribution in [2.45, 2.75) is 26.5 Å². The summed E-state index contributed by atoms with van der Waals surface area (Å²) >= 11 is 13.4. The number of para-hydroxylation sites is 1. The van der Waals surface area contributed by atoms with E-state index in [9.17, 15) is 9.59 Å². The van der Waals surface area contributed by atoms with E-state index in [0.29, 0.717) is 43.0 Å². The maximum atomic E-state index is 13.9. The molecule has 0 amide bonds. The molecule has 1 aliphatic heterocycles. The van der Waals surface area contributed by atoms with Gasteiger partial charge in [0.05, 0.1) is 28.5 Å². The van der Waals surface area contributed by atoms with Crippen molar-refractivity contribution in [2.24, 2.45) is 4.99 Å². The molecule has 6 nitrogen and oxygen atoms in total. The summed E-state index contributed by atoms with van der Waals surface area (Å²) in [6, 6.07) is 21.3. The normalized spacial score (nSPS) is 15.1. The highest BCUT2D eigenvalue weighted by atomic mass is 35.5. The lowest BCUT2D eigenvalue weighted by Crippen LogP contribution is -2.39. The highest BCUT2D eigenvalue weighted by Gasteiger charge is 2.33. The zero-order valence-electron chi connectivity index (χ0n) is 21.2. The molecule has 0 aliphatic carbocycles. The fourth-order valence-corrected chi connectivity index (χ4v) is 5.66. The van der Waals surface area contributed by atoms with Gasteiger partial charge in [0.15, 0.2) is 4.80 Å². The largest absolute Gasteiger partial charge is 0.488 e. The van der Waals surface area contributed by atoms with Crippen LogP contribution in [-0.2, 0) is 16.1 Å².